The number of ether oxygens (including phenoxy) is 1. The van der Waals surface area contributed by atoms with Crippen molar-refractivity contribution < 1.29 is 9.53 Å². The van der Waals surface area contributed by atoms with Crippen molar-refractivity contribution in [3.8, 4) is 5.75 Å². The molecule has 0 radical (unpaired) electrons. The molecule has 2 heteroatoms. The summed E-state index contributed by atoms with van der Waals surface area (Å²) in [7, 11) is 0. The lowest BCUT2D eigenvalue weighted by Crippen LogP contribution is -2.06. The normalized spacial score (nSPS) is 9.35. The summed E-state index contributed by atoms with van der Waals surface area (Å²) < 4.78 is 5.33. The van der Waals surface area contributed by atoms with Crippen LogP contribution in [0.5, 0.6) is 5.75 Å². The molecule has 17 heavy (non-hydrogen) atoms. The second kappa shape index (κ2) is 6.69. The third-order valence-electron chi connectivity index (χ3n) is 2.16. The molecule has 0 N–H and O–H groups in total. The summed E-state index contributed by atoms with van der Waals surface area (Å²) in [5.41, 5.74) is 0. The Morgan fingerprint density at radius 2 is 1.71 bits per heavy atom. The monoisotopic (exact) mass is 230 g/mol. The molecule has 0 amide bonds. The van der Waals surface area contributed by atoms with Crippen LogP contribution in [0.2, 0.25) is 0 Å². The lowest BCUT2D eigenvalue weighted by Gasteiger charge is -2.04. The maximum Gasteiger partial charge on any atom is 0.167 e. The van der Waals surface area contributed by atoms with E-state index in [0.29, 0.717) is 0 Å². The Bertz CT molecular complexity index is 489. The second-order valence-corrected chi connectivity index (χ2v) is 3.50. The van der Waals surface area contributed by atoms with Gasteiger partial charge in [0.15, 0.2) is 5.78 Å². The number of ketones is 1. The van der Waals surface area contributed by atoms with E-state index in [4.69, 9.17) is 4.74 Å². The van der Waals surface area contributed by atoms with Crippen molar-refractivity contribution in [2.45, 2.75) is 20.8 Å². The lowest BCUT2D eigenvalue weighted by atomic mass is 10.1. The maximum atomic E-state index is 10.8. The summed E-state index contributed by atoms with van der Waals surface area (Å²) in [4.78, 5) is 10.8. The van der Waals surface area contributed by atoms with Crippen LogP contribution in [-0.2, 0) is 4.79 Å². The highest BCUT2D eigenvalue weighted by Gasteiger charge is 1.98. The zero-order chi connectivity index (χ0) is 12.7. The Morgan fingerprint density at radius 1 is 1.06 bits per heavy atom. The van der Waals surface area contributed by atoms with Gasteiger partial charge in [-0.05, 0) is 29.8 Å². The van der Waals surface area contributed by atoms with Gasteiger partial charge >= 0.3 is 0 Å². The van der Waals surface area contributed by atoms with E-state index in [-0.39, 0.29) is 12.4 Å². The molecule has 2 aromatic rings. The van der Waals surface area contributed by atoms with E-state index in [1.165, 1.54) is 12.3 Å². The predicted molar refractivity (Wildman–Crippen MR) is 71.5 cm³/mol. The minimum absolute atomic E-state index is 0.0307. The Morgan fingerprint density at radius 3 is 2.35 bits per heavy atom. The first kappa shape index (κ1) is 13.2. The maximum absolute atomic E-state index is 10.8. The SMILES string of the molecule is CC.CC(=O)COc1ccc2ccccc2c1. The molecular formula is C15H18O2. The van der Waals surface area contributed by atoms with Crippen molar-refractivity contribution in [3.05, 3.63) is 42.5 Å². The number of hydrogen-bond donors (Lipinski definition) is 0. The van der Waals surface area contributed by atoms with Gasteiger partial charge in [0, 0.05) is 0 Å². The van der Waals surface area contributed by atoms with Crippen LogP contribution < -0.4 is 4.74 Å². The summed E-state index contributed by atoms with van der Waals surface area (Å²) in [6, 6.07) is 13.9. The molecule has 90 valence electrons. The topological polar surface area (TPSA) is 26.3 Å². The van der Waals surface area contributed by atoms with E-state index < -0.39 is 0 Å². The lowest BCUT2D eigenvalue weighted by molar-refractivity contribution is -0.118. The Kier molecular flexibility index (Phi) is 5.21. The number of carbonyl (C=O) groups is 1. The number of carbonyl (C=O) groups excluding carboxylic acids is 1. The summed E-state index contributed by atoms with van der Waals surface area (Å²) >= 11 is 0. The molecule has 0 aliphatic rings. The number of hydrogen-bond acceptors (Lipinski definition) is 2. The first-order valence-electron chi connectivity index (χ1n) is 5.87. The van der Waals surface area contributed by atoms with Crippen molar-refractivity contribution in [2.75, 3.05) is 6.61 Å². The van der Waals surface area contributed by atoms with Gasteiger partial charge in [-0.25, -0.2) is 0 Å². The van der Waals surface area contributed by atoms with Gasteiger partial charge in [0.2, 0.25) is 0 Å². The van der Waals surface area contributed by atoms with Gasteiger partial charge in [-0.1, -0.05) is 44.2 Å². The zero-order valence-electron chi connectivity index (χ0n) is 10.6. The molecule has 2 rings (SSSR count). The molecule has 0 fully saturated rings. The fraction of sp³-hybridized carbons (Fsp3) is 0.267. The molecule has 0 saturated carbocycles. The van der Waals surface area contributed by atoms with Gasteiger partial charge in [-0.3, -0.25) is 4.79 Å². The Labute approximate surface area is 102 Å². The van der Waals surface area contributed by atoms with Crippen molar-refractivity contribution in [1.29, 1.82) is 0 Å². The van der Waals surface area contributed by atoms with Crippen LogP contribution in [0.25, 0.3) is 10.8 Å². The number of Topliss-reactive ketones (excluding diaryl/α,β-unsaturated/α-hetero) is 1. The minimum Gasteiger partial charge on any atom is -0.486 e. The van der Waals surface area contributed by atoms with Crippen LogP contribution in [0, 0.1) is 0 Å². The first-order valence-corrected chi connectivity index (χ1v) is 5.87. The summed E-state index contributed by atoms with van der Waals surface area (Å²) in [6.07, 6.45) is 0. The van der Waals surface area contributed by atoms with E-state index in [0.717, 1.165) is 11.1 Å². The van der Waals surface area contributed by atoms with Gasteiger partial charge < -0.3 is 4.74 Å². The molecule has 0 heterocycles. The molecule has 0 aliphatic heterocycles. The highest BCUT2D eigenvalue weighted by molar-refractivity contribution is 5.84. The number of fused-ring (bicyclic) bond motifs is 1. The molecular weight excluding hydrogens is 212 g/mol. The molecule has 0 unspecified atom stereocenters. The summed E-state index contributed by atoms with van der Waals surface area (Å²) in [5.74, 6) is 0.770. The van der Waals surface area contributed by atoms with E-state index in [2.05, 4.69) is 0 Å². The largest absolute Gasteiger partial charge is 0.486 e. The van der Waals surface area contributed by atoms with E-state index in [1.807, 2.05) is 56.3 Å². The minimum atomic E-state index is 0.0307. The second-order valence-electron chi connectivity index (χ2n) is 3.50. The van der Waals surface area contributed by atoms with E-state index in [9.17, 15) is 4.79 Å². The first-order chi connectivity index (χ1) is 8.25. The smallest absolute Gasteiger partial charge is 0.167 e. The van der Waals surface area contributed by atoms with E-state index >= 15 is 0 Å². The van der Waals surface area contributed by atoms with Gasteiger partial charge in [0.05, 0.1) is 0 Å². The van der Waals surface area contributed by atoms with Gasteiger partial charge in [0.1, 0.15) is 12.4 Å². The summed E-state index contributed by atoms with van der Waals surface area (Å²) in [5, 5.41) is 2.30. The molecule has 0 atom stereocenters. The Balaban J connectivity index is 0.000000686. The van der Waals surface area contributed by atoms with Gasteiger partial charge in [-0.2, -0.15) is 0 Å². The Hall–Kier alpha value is -1.83. The van der Waals surface area contributed by atoms with Crippen molar-refractivity contribution in [3.63, 3.8) is 0 Å². The average molecular weight is 230 g/mol. The van der Waals surface area contributed by atoms with E-state index in [1.54, 1.807) is 0 Å². The van der Waals surface area contributed by atoms with Crippen LogP contribution >= 0.6 is 0 Å². The molecule has 0 aliphatic carbocycles. The van der Waals surface area contributed by atoms with Crippen molar-refractivity contribution in [2.24, 2.45) is 0 Å². The standard InChI is InChI=1S/C13H12O2.C2H6/c1-10(14)9-15-13-7-6-11-4-2-3-5-12(11)8-13;1-2/h2-8H,9H2,1H3;1-2H3. The van der Waals surface area contributed by atoms with Crippen molar-refractivity contribution in [1.82, 2.24) is 0 Å². The van der Waals surface area contributed by atoms with Crippen LogP contribution in [0.4, 0.5) is 0 Å². The zero-order valence-corrected chi connectivity index (χ0v) is 10.6. The molecule has 0 aromatic heterocycles. The van der Waals surface area contributed by atoms with Crippen LogP contribution in [0.3, 0.4) is 0 Å². The molecule has 2 aromatic carbocycles. The highest BCUT2D eigenvalue weighted by Crippen LogP contribution is 2.20. The molecule has 0 bridgehead atoms. The van der Waals surface area contributed by atoms with Crippen LogP contribution in [-0.4, -0.2) is 12.4 Å². The number of benzene rings is 2. The van der Waals surface area contributed by atoms with Crippen LogP contribution in [0.1, 0.15) is 20.8 Å². The van der Waals surface area contributed by atoms with Crippen LogP contribution in [0.15, 0.2) is 42.5 Å². The molecule has 0 spiro atoms. The summed E-state index contributed by atoms with van der Waals surface area (Å²) in [6.45, 7) is 5.65. The van der Waals surface area contributed by atoms with Gasteiger partial charge in [-0.15, -0.1) is 0 Å². The average Bonchev–Trinajstić information content (AvgIpc) is 2.38. The molecule has 0 saturated heterocycles. The fourth-order valence-electron chi connectivity index (χ4n) is 1.44. The van der Waals surface area contributed by atoms with Crippen molar-refractivity contribution >= 4 is 16.6 Å². The quantitative estimate of drug-likeness (QED) is 0.801. The third-order valence-corrected chi connectivity index (χ3v) is 2.16. The van der Waals surface area contributed by atoms with Gasteiger partial charge in [0.25, 0.3) is 0 Å². The molecule has 2 nitrogen and oxygen atoms in total. The predicted octanol–water partition coefficient (Wildman–Crippen LogP) is 3.83. The third kappa shape index (κ3) is 3.91. The fourth-order valence-corrected chi connectivity index (χ4v) is 1.44. The highest BCUT2D eigenvalue weighted by atomic mass is 16.5. The number of rotatable bonds is 3.